The second-order valence-electron chi connectivity index (χ2n) is 9.33. The molecule has 5 aliphatic rings. The van der Waals surface area contributed by atoms with Gasteiger partial charge in [0.15, 0.2) is 0 Å². The van der Waals surface area contributed by atoms with Gasteiger partial charge >= 0.3 is 0 Å². The molecule has 6 rings (SSSR count). The number of hydrogen-bond donors (Lipinski definition) is 0. The number of carbonyl (C=O) groups is 1. The smallest absolute Gasteiger partial charge is 0.228 e. The van der Waals surface area contributed by atoms with Crippen LogP contribution in [-0.2, 0) is 18.3 Å². The minimum absolute atomic E-state index is 0.0396. The molecule has 1 saturated heterocycles. The molecule has 24 heavy (non-hydrogen) atoms. The number of likely N-dealkylation sites (tertiary alicyclic amines) is 1. The van der Waals surface area contributed by atoms with E-state index in [4.69, 9.17) is 0 Å². The summed E-state index contributed by atoms with van der Waals surface area (Å²) in [7, 11) is 1.97. The van der Waals surface area contributed by atoms with Gasteiger partial charge in [0.1, 0.15) is 0 Å². The Bertz CT molecular complexity index is 614. The lowest BCUT2D eigenvalue weighted by Crippen LogP contribution is -2.54. The topological polar surface area (TPSA) is 38.1 Å². The molecule has 4 bridgehead atoms. The summed E-state index contributed by atoms with van der Waals surface area (Å²) in [5.74, 6) is 3.71. The quantitative estimate of drug-likeness (QED) is 0.856. The first-order valence-electron chi connectivity index (χ1n) is 9.86. The minimum Gasteiger partial charge on any atom is -0.342 e. The van der Waals surface area contributed by atoms with Crippen LogP contribution in [0, 0.1) is 29.1 Å². The predicted molar refractivity (Wildman–Crippen MR) is 92.2 cm³/mol. The number of nitrogens with zero attached hydrogens (tertiary/aromatic N) is 3. The van der Waals surface area contributed by atoms with Crippen molar-refractivity contribution in [1.82, 2.24) is 14.7 Å². The van der Waals surface area contributed by atoms with E-state index in [9.17, 15) is 4.79 Å². The van der Waals surface area contributed by atoms with Crippen LogP contribution in [0.5, 0.6) is 0 Å². The number of rotatable bonds is 3. The SMILES string of the molecule is Cn1cc(C[C@@H]2CCN(C(=O)C34CC5CC(CC(C5)C3)C4)C2)cn1. The van der Waals surface area contributed by atoms with Crippen molar-refractivity contribution in [1.29, 1.82) is 0 Å². The Kier molecular flexibility index (Phi) is 3.33. The number of aryl methyl sites for hydroxylation is 1. The average Bonchev–Trinajstić information content (AvgIpc) is 3.15. The predicted octanol–water partition coefficient (Wildman–Crippen LogP) is 3.03. The van der Waals surface area contributed by atoms with E-state index < -0.39 is 0 Å². The van der Waals surface area contributed by atoms with Crippen LogP contribution in [0.2, 0.25) is 0 Å². The van der Waals surface area contributed by atoms with Crippen LogP contribution in [0.25, 0.3) is 0 Å². The van der Waals surface area contributed by atoms with E-state index in [0.29, 0.717) is 11.8 Å². The number of hydrogen-bond acceptors (Lipinski definition) is 2. The van der Waals surface area contributed by atoms with Gasteiger partial charge in [0, 0.05) is 26.3 Å². The van der Waals surface area contributed by atoms with Gasteiger partial charge in [0.25, 0.3) is 0 Å². The molecule has 1 amide bonds. The van der Waals surface area contributed by atoms with E-state index in [1.165, 1.54) is 44.1 Å². The number of aromatic nitrogens is 2. The lowest BCUT2D eigenvalue weighted by molar-refractivity contribution is -0.156. The lowest BCUT2D eigenvalue weighted by atomic mass is 9.49. The highest BCUT2D eigenvalue weighted by molar-refractivity contribution is 5.83. The third-order valence-electron chi connectivity index (χ3n) is 7.35. The van der Waals surface area contributed by atoms with E-state index in [-0.39, 0.29) is 5.41 Å². The maximum absolute atomic E-state index is 13.4. The van der Waals surface area contributed by atoms with Crippen molar-refractivity contribution < 1.29 is 4.79 Å². The van der Waals surface area contributed by atoms with Crippen molar-refractivity contribution in [3.8, 4) is 0 Å². The van der Waals surface area contributed by atoms with Crippen LogP contribution >= 0.6 is 0 Å². The summed E-state index contributed by atoms with van der Waals surface area (Å²) in [4.78, 5) is 15.6. The molecule has 2 heterocycles. The van der Waals surface area contributed by atoms with Crippen molar-refractivity contribution in [2.45, 2.75) is 51.4 Å². The Balaban J connectivity index is 1.27. The van der Waals surface area contributed by atoms with Crippen LogP contribution < -0.4 is 0 Å². The molecule has 0 radical (unpaired) electrons. The van der Waals surface area contributed by atoms with Gasteiger partial charge in [-0.25, -0.2) is 0 Å². The van der Waals surface area contributed by atoms with E-state index in [2.05, 4.69) is 16.2 Å². The van der Waals surface area contributed by atoms with Crippen LogP contribution in [0.1, 0.15) is 50.5 Å². The summed E-state index contributed by atoms with van der Waals surface area (Å²) in [6.45, 7) is 1.95. The Hall–Kier alpha value is -1.32. The number of carbonyl (C=O) groups excluding carboxylic acids is 1. The first kappa shape index (κ1) is 15.0. The van der Waals surface area contributed by atoms with Gasteiger partial charge in [-0.2, -0.15) is 5.10 Å². The van der Waals surface area contributed by atoms with Crippen molar-refractivity contribution in [2.75, 3.05) is 13.1 Å². The van der Waals surface area contributed by atoms with Gasteiger partial charge in [0.05, 0.1) is 11.6 Å². The number of amides is 1. The molecule has 1 aromatic heterocycles. The zero-order valence-electron chi connectivity index (χ0n) is 14.8. The van der Waals surface area contributed by atoms with Crippen LogP contribution in [0.3, 0.4) is 0 Å². The summed E-state index contributed by atoms with van der Waals surface area (Å²) in [5, 5.41) is 4.28. The molecular weight excluding hydrogens is 298 g/mol. The highest BCUT2D eigenvalue weighted by atomic mass is 16.2. The van der Waals surface area contributed by atoms with Gasteiger partial charge in [-0.1, -0.05) is 0 Å². The van der Waals surface area contributed by atoms with E-state index in [0.717, 1.165) is 43.7 Å². The Morgan fingerprint density at radius 1 is 1.21 bits per heavy atom. The maximum Gasteiger partial charge on any atom is 0.228 e. The zero-order chi connectivity index (χ0) is 16.3. The van der Waals surface area contributed by atoms with Gasteiger partial charge in [-0.15, -0.1) is 0 Å². The van der Waals surface area contributed by atoms with E-state index >= 15 is 0 Å². The standard InChI is InChI=1S/C20H29N3O/c1-22-12-18(11-21-22)4-14-2-3-23(13-14)19(24)20-8-15-5-16(9-20)7-17(6-15)10-20/h11-12,14-17H,2-10,13H2,1H3/t14-,15?,16?,17?,20?/m0/s1. The Morgan fingerprint density at radius 2 is 1.88 bits per heavy atom. The molecule has 4 nitrogen and oxygen atoms in total. The van der Waals surface area contributed by atoms with Crippen molar-refractivity contribution in [3.63, 3.8) is 0 Å². The average molecular weight is 327 g/mol. The lowest BCUT2D eigenvalue weighted by Gasteiger charge is -2.56. The molecule has 130 valence electrons. The molecular formula is C20H29N3O. The fourth-order valence-corrected chi connectivity index (χ4v) is 6.80. The molecule has 1 aromatic rings. The largest absolute Gasteiger partial charge is 0.342 e. The first-order valence-corrected chi connectivity index (χ1v) is 9.86. The maximum atomic E-state index is 13.4. The highest BCUT2D eigenvalue weighted by Gasteiger charge is 2.55. The normalized spacial score (nSPS) is 40.5. The summed E-state index contributed by atoms with van der Waals surface area (Å²) in [5.41, 5.74) is 1.35. The van der Waals surface area contributed by atoms with Crippen molar-refractivity contribution in [2.24, 2.45) is 36.1 Å². The summed E-state index contributed by atoms with van der Waals surface area (Å²) in [6.07, 6.45) is 14.1. The Morgan fingerprint density at radius 3 is 2.46 bits per heavy atom. The summed E-state index contributed by atoms with van der Waals surface area (Å²) >= 11 is 0. The fraction of sp³-hybridized carbons (Fsp3) is 0.800. The molecule has 5 fully saturated rings. The summed E-state index contributed by atoms with van der Waals surface area (Å²) < 4.78 is 1.88. The first-order chi connectivity index (χ1) is 11.6. The van der Waals surface area contributed by atoms with Crippen molar-refractivity contribution in [3.05, 3.63) is 18.0 Å². The monoisotopic (exact) mass is 327 g/mol. The highest BCUT2D eigenvalue weighted by Crippen LogP contribution is 2.60. The second-order valence-corrected chi connectivity index (χ2v) is 9.33. The van der Waals surface area contributed by atoms with E-state index in [1.807, 2.05) is 17.9 Å². The third-order valence-corrected chi connectivity index (χ3v) is 7.35. The van der Waals surface area contributed by atoms with Gasteiger partial charge in [0.2, 0.25) is 5.91 Å². The molecule has 4 aliphatic carbocycles. The fourth-order valence-electron chi connectivity index (χ4n) is 6.80. The van der Waals surface area contributed by atoms with E-state index in [1.54, 1.807) is 0 Å². The molecule has 1 atom stereocenters. The van der Waals surface area contributed by atoms with Gasteiger partial charge < -0.3 is 4.90 Å². The second kappa shape index (κ2) is 5.34. The van der Waals surface area contributed by atoms with Crippen molar-refractivity contribution >= 4 is 5.91 Å². The Labute approximate surface area is 144 Å². The van der Waals surface area contributed by atoms with Gasteiger partial charge in [-0.05, 0) is 80.6 Å². The molecule has 0 aromatic carbocycles. The molecule has 4 saturated carbocycles. The zero-order valence-corrected chi connectivity index (χ0v) is 14.8. The molecule has 0 unspecified atom stereocenters. The molecule has 0 spiro atoms. The third kappa shape index (κ3) is 2.41. The minimum atomic E-state index is 0.0396. The van der Waals surface area contributed by atoms with Crippen LogP contribution in [0.4, 0.5) is 0 Å². The molecule has 0 N–H and O–H groups in total. The molecule has 1 aliphatic heterocycles. The van der Waals surface area contributed by atoms with Gasteiger partial charge in [-0.3, -0.25) is 9.48 Å². The molecule has 4 heteroatoms. The van der Waals surface area contributed by atoms with Crippen LogP contribution in [-0.4, -0.2) is 33.7 Å². The van der Waals surface area contributed by atoms with Crippen LogP contribution in [0.15, 0.2) is 12.4 Å². The summed E-state index contributed by atoms with van der Waals surface area (Å²) in [6, 6.07) is 0.